The lowest BCUT2D eigenvalue weighted by Gasteiger charge is -2.11. The van der Waals surface area contributed by atoms with Crippen LogP contribution in [0.5, 0.6) is 0 Å². The van der Waals surface area contributed by atoms with E-state index in [4.69, 9.17) is 35.4 Å². The Labute approximate surface area is 142 Å². The number of benzene rings is 1. The molecule has 0 radical (unpaired) electrons. The van der Waals surface area contributed by atoms with Gasteiger partial charge in [0.05, 0.1) is 0 Å². The maximum absolute atomic E-state index is 6.03. The van der Waals surface area contributed by atoms with Crippen LogP contribution in [-0.4, -0.2) is 19.7 Å². The van der Waals surface area contributed by atoms with E-state index in [9.17, 15) is 0 Å². The van der Waals surface area contributed by atoms with E-state index < -0.39 is 0 Å². The Morgan fingerprint density at radius 1 is 1.09 bits per heavy atom. The number of aromatic amines is 1. The van der Waals surface area contributed by atoms with E-state index in [1.165, 1.54) is 0 Å². The number of aromatic nitrogens is 4. The van der Waals surface area contributed by atoms with Crippen LogP contribution < -0.4 is 0 Å². The van der Waals surface area contributed by atoms with Crippen LogP contribution in [0.4, 0.5) is 0 Å². The molecule has 112 valence electrons. The summed E-state index contributed by atoms with van der Waals surface area (Å²) in [7, 11) is 1.87. The number of hydrogen-bond acceptors (Lipinski definition) is 3. The van der Waals surface area contributed by atoms with Gasteiger partial charge in [-0.2, -0.15) is 5.10 Å². The lowest BCUT2D eigenvalue weighted by molar-refractivity contribution is 0.902. The lowest BCUT2D eigenvalue weighted by Crippen LogP contribution is -1.96. The van der Waals surface area contributed by atoms with Crippen molar-refractivity contribution in [2.24, 2.45) is 7.05 Å². The Hall–Kier alpha value is -1.69. The Morgan fingerprint density at radius 3 is 2.36 bits per heavy atom. The molecular weight excluding hydrogens is 339 g/mol. The van der Waals surface area contributed by atoms with E-state index >= 15 is 0 Å². The third-order valence-electron chi connectivity index (χ3n) is 3.37. The largest absolute Gasteiger partial charge is 0.303 e. The van der Waals surface area contributed by atoms with Gasteiger partial charge in [-0.25, -0.2) is 4.98 Å². The SMILES string of the molecule is Cc1ccc(-c2n[nH]c(=S)n2C)c(-c2cc(Cl)nc(Cl)c2)c1. The van der Waals surface area contributed by atoms with Gasteiger partial charge in [-0.05, 0) is 42.4 Å². The number of halogens is 2. The quantitative estimate of drug-likeness (QED) is 0.532. The second-order valence-corrected chi connectivity index (χ2v) is 6.12. The van der Waals surface area contributed by atoms with E-state index in [-0.39, 0.29) is 0 Å². The molecule has 0 aliphatic carbocycles. The molecule has 0 fully saturated rings. The van der Waals surface area contributed by atoms with Crippen molar-refractivity contribution in [3.8, 4) is 22.5 Å². The monoisotopic (exact) mass is 350 g/mol. The highest BCUT2D eigenvalue weighted by atomic mass is 35.5. The maximum Gasteiger partial charge on any atom is 0.195 e. The summed E-state index contributed by atoms with van der Waals surface area (Å²) in [4.78, 5) is 3.99. The number of rotatable bonds is 2. The molecule has 1 aromatic carbocycles. The van der Waals surface area contributed by atoms with Crippen LogP contribution in [0, 0.1) is 11.7 Å². The molecule has 0 saturated carbocycles. The summed E-state index contributed by atoms with van der Waals surface area (Å²) >= 11 is 17.3. The molecule has 0 bridgehead atoms. The third-order valence-corrected chi connectivity index (χ3v) is 4.12. The molecule has 0 unspecified atom stereocenters. The molecule has 0 amide bonds. The van der Waals surface area contributed by atoms with Crippen LogP contribution in [0.2, 0.25) is 10.3 Å². The summed E-state index contributed by atoms with van der Waals surface area (Å²) in [6.45, 7) is 2.03. The maximum atomic E-state index is 6.03. The summed E-state index contributed by atoms with van der Waals surface area (Å²) in [5.41, 5.74) is 3.93. The van der Waals surface area contributed by atoms with Crippen LogP contribution in [0.25, 0.3) is 22.5 Å². The first kappa shape index (κ1) is 15.2. The minimum atomic E-state index is 0.352. The average Bonchev–Trinajstić information content (AvgIpc) is 2.78. The second-order valence-electron chi connectivity index (χ2n) is 4.96. The standard InChI is InChI=1S/C15H12Cl2N4S/c1-8-3-4-10(14-19-20-15(22)21(14)2)11(5-8)9-6-12(16)18-13(17)7-9/h3-7H,1-2H3,(H,20,22). The molecule has 22 heavy (non-hydrogen) atoms. The Bertz CT molecular complexity index is 894. The number of nitrogens with one attached hydrogen (secondary N) is 1. The van der Waals surface area contributed by atoms with Gasteiger partial charge in [0.1, 0.15) is 10.3 Å². The molecule has 3 aromatic rings. The summed E-state index contributed by atoms with van der Waals surface area (Å²) in [5, 5.41) is 7.82. The van der Waals surface area contributed by atoms with Crippen molar-refractivity contribution in [3.63, 3.8) is 0 Å². The van der Waals surface area contributed by atoms with Gasteiger partial charge in [0, 0.05) is 12.6 Å². The molecule has 2 aromatic heterocycles. The van der Waals surface area contributed by atoms with Crippen molar-refractivity contribution in [2.75, 3.05) is 0 Å². The first-order valence-corrected chi connectivity index (χ1v) is 7.68. The number of H-pyrrole nitrogens is 1. The molecule has 0 aliphatic rings. The van der Waals surface area contributed by atoms with Crippen molar-refractivity contribution >= 4 is 35.4 Å². The molecular formula is C15H12Cl2N4S. The fraction of sp³-hybridized carbons (Fsp3) is 0.133. The molecule has 0 spiro atoms. The fourth-order valence-electron chi connectivity index (χ4n) is 2.30. The van der Waals surface area contributed by atoms with E-state index in [1.807, 2.05) is 30.7 Å². The summed E-state index contributed by atoms with van der Waals surface area (Å²) in [5.74, 6) is 0.754. The molecule has 3 rings (SSSR count). The van der Waals surface area contributed by atoms with E-state index in [2.05, 4.69) is 21.2 Å². The van der Waals surface area contributed by atoms with Crippen molar-refractivity contribution in [1.82, 2.24) is 19.7 Å². The normalized spacial score (nSPS) is 10.9. The number of aryl methyl sites for hydroxylation is 1. The minimum absolute atomic E-state index is 0.352. The predicted molar refractivity (Wildman–Crippen MR) is 91.8 cm³/mol. The van der Waals surface area contributed by atoms with Crippen LogP contribution in [0.3, 0.4) is 0 Å². The van der Waals surface area contributed by atoms with Gasteiger partial charge in [0.2, 0.25) is 0 Å². The van der Waals surface area contributed by atoms with Gasteiger partial charge in [-0.15, -0.1) is 0 Å². The van der Waals surface area contributed by atoms with Crippen molar-refractivity contribution < 1.29 is 0 Å². The van der Waals surface area contributed by atoms with Gasteiger partial charge < -0.3 is 4.57 Å². The van der Waals surface area contributed by atoms with Crippen LogP contribution in [0.15, 0.2) is 30.3 Å². The highest BCUT2D eigenvalue weighted by Crippen LogP contribution is 2.33. The van der Waals surface area contributed by atoms with Gasteiger partial charge in [0.15, 0.2) is 10.6 Å². The van der Waals surface area contributed by atoms with Crippen molar-refractivity contribution in [2.45, 2.75) is 6.92 Å². The zero-order valence-electron chi connectivity index (χ0n) is 11.9. The molecule has 1 N–H and O–H groups in total. The third kappa shape index (κ3) is 2.79. The van der Waals surface area contributed by atoms with Crippen molar-refractivity contribution in [3.05, 3.63) is 51.0 Å². The average molecular weight is 351 g/mol. The highest BCUT2D eigenvalue weighted by Gasteiger charge is 2.14. The Morgan fingerprint density at radius 2 is 1.77 bits per heavy atom. The number of pyridine rings is 1. The smallest absolute Gasteiger partial charge is 0.195 e. The Kier molecular flexibility index (Phi) is 4.04. The van der Waals surface area contributed by atoms with Gasteiger partial charge >= 0.3 is 0 Å². The topological polar surface area (TPSA) is 46.5 Å². The van der Waals surface area contributed by atoms with Crippen LogP contribution >= 0.6 is 35.4 Å². The van der Waals surface area contributed by atoms with Crippen LogP contribution in [0.1, 0.15) is 5.56 Å². The van der Waals surface area contributed by atoms with Crippen LogP contribution in [-0.2, 0) is 7.05 Å². The zero-order valence-corrected chi connectivity index (χ0v) is 14.2. The molecule has 7 heteroatoms. The molecule has 4 nitrogen and oxygen atoms in total. The van der Waals surface area contributed by atoms with Gasteiger partial charge in [-0.3, -0.25) is 5.10 Å². The van der Waals surface area contributed by atoms with E-state index in [0.29, 0.717) is 15.1 Å². The fourth-order valence-corrected chi connectivity index (χ4v) is 2.89. The van der Waals surface area contributed by atoms with Gasteiger partial charge in [0.25, 0.3) is 0 Å². The summed E-state index contributed by atoms with van der Waals surface area (Å²) in [6.07, 6.45) is 0. The molecule has 0 saturated heterocycles. The molecule has 0 atom stereocenters. The van der Waals surface area contributed by atoms with Crippen molar-refractivity contribution in [1.29, 1.82) is 0 Å². The highest BCUT2D eigenvalue weighted by molar-refractivity contribution is 7.71. The summed E-state index contributed by atoms with van der Waals surface area (Å²) in [6, 6.07) is 9.67. The first-order chi connectivity index (χ1) is 10.5. The van der Waals surface area contributed by atoms with E-state index in [1.54, 1.807) is 12.1 Å². The molecule has 0 aliphatic heterocycles. The predicted octanol–water partition coefficient (Wildman–Crippen LogP) is 4.82. The zero-order chi connectivity index (χ0) is 15.9. The first-order valence-electron chi connectivity index (χ1n) is 6.51. The summed E-state index contributed by atoms with van der Waals surface area (Å²) < 4.78 is 2.39. The lowest BCUT2D eigenvalue weighted by atomic mass is 9.98. The van der Waals surface area contributed by atoms with E-state index in [0.717, 1.165) is 28.1 Å². The Balaban J connectivity index is 2.29. The number of hydrogen-bond donors (Lipinski definition) is 1. The van der Waals surface area contributed by atoms with Gasteiger partial charge in [-0.1, -0.05) is 47.0 Å². The second kappa shape index (κ2) is 5.83. The number of nitrogens with zero attached hydrogens (tertiary/aromatic N) is 3. The minimum Gasteiger partial charge on any atom is -0.303 e. The molecule has 2 heterocycles.